The minimum absolute atomic E-state index is 0.00351. The highest BCUT2D eigenvalue weighted by Gasteiger charge is 2.38. The molecule has 14 heteroatoms. The van der Waals surface area contributed by atoms with Gasteiger partial charge in [-0.05, 0) is 97.1 Å². The lowest BCUT2D eigenvalue weighted by Crippen LogP contribution is -2.56. The Labute approximate surface area is 359 Å². The molecule has 2 aliphatic rings. The van der Waals surface area contributed by atoms with E-state index in [2.05, 4.69) is 22.0 Å². The van der Waals surface area contributed by atoms with Crippen LogP contribution in [0.1, 0.15) is 99.1 Å². The van der Waals surface area contributed by atoms with E-state index in [9.17, 15) is 24.0 Å². The Bertz CT molecular complexity index is 2130. The van der Waals surface area contributed by atoms with Crippen LogP contribution in [0.5, 0.6) is 0 Å². The van der Waals surface area contributed by atoms with Crippen LogP contribution < -0.4 is 21.7 Å². The number of likely N-dealkylation sites (tertiary alicyclic amines) is 2. The van der Waals surface area contributed by atoms with E-state index >= 15 is 0 Å². The summed E-state index contributed by atoms with van der Waals surface area (Å²) in [5, 5.41) is 10.4. The Morgan fingerprint density at radius 2 is 1.11 bits per heavy atom. The van der Waals surface area contributed by atoms with Gasteiger partial charge in [0.1, 0.15) is 34.9 Å². The normalized spacial score (nSPS) is 18.7. The van der Waals surface area contributed by atoms with Crippen molar-refractivity contribution in [3.8, 4) is 0 Å². The van der Waals surface area contributed by atoms with Crippen molar-refractivity contribution < 1.29 is 37.5 Å². The zero-order valence-corrected chi connectivity index (χ0v) is 37.3. The third-order valence-electron chi connectivity index (χ3n) is 11.4. The molecule has 0 aliphatic carbocycles. The number of benzene rings is 2. The van der Waals surface area contributed by atoms with Gasteiger partial charge < -0.3 is 45.1 Å². The Balaban J connectivity index is 0.000000237. The SMILES string of the molecule is CC(C)[C@H](NC(=O)[C@H](C)N)C(=O)N1CCC[C@H]1Cc1coc2ccccc12.CC(C)[C@H](NC(=O)[C@H](C)NC(=O)OC(C)(C)C)C(=O)N1CCC[C@H]1Cc1coc2ccccc12. The van der Waals surface area contributed by atoms with Crippen molar-refractivity contribution in [1.29, 1.82) is 0 Å². The van der Waals surface area contributed by atoms with Gasteiger partial charge in [-0.1, -0.05) is 64.1 Å². The first-order valence-electron chi connectivity index (χ1n) is 21.7. The lowest BCUT2D eigenvalue weighted by atomic mass is 9.99. The van der Waals surface area contributed by atoms with Gasteiger partial charge in [-0.3, -0.25) is 19.2 Å². The van der Waals surface area contributed by atoms with Crippen molar-refractivity contribution in [3.63, 3.8) is 0 Å². The van der Waals surface area contributed by atoms with Crippen LogP contribution in [0.4, 0.5) is 4.79 Å². The van der Waals surface area contributed by atoms with Gasteiger partial charge in [-0.15, -0.1) is 0 Å². The van der Waals surface area contributed by atoms with E-state index in [0.717, 1.165) is 71.7 Å². The van der Waals surface area contributed by atoms with Crippen LogP contribution in [-0.2, 0) is 36.8 Å². The summed E-state index contributed by atoms with van der Waals surface area (Å²) < 4.78 is 16.5. The molecule has 4 aromatic rings. The highest BCUT2D eigenvalue weighted by molar-refractivity contribution is 5.92. The van der Waals surface area contributed by atoms with Gasteiger partial charge in [0, 0.05) is 47.1 Å². The first-order valence-corrected chi connectivity index (χ1v) is 21.7. The fourth-order valence-corrected chi connectivity index (χ4v) is 8.06. The Hall–Kier alpha value is -5.37. The number of alkyl carbamates (subject to hydrolysis) is 1. The minimum atomic E-state index is -0.837. The number of rotatable bonds is 13. The van der Waals surface area contributed by atoms with Crippen molar-refractivity contribution in [1.82, 2.24) is 25.8 Å². The molecule has 6 rings (SSSR count). The zero-order valence-electron chi connectivity index (χ0n) is 37.3. The van der Waals surface area contributed by atoms with Gasteiger partial charge >= 0.3 is 6.09 Å². The number of nitrogens with two attached hydrogens (primary N) is 1. The molecular weight excluding hydrogens is 777 g/mol. The lowest BCUT2D eigenvalue weighted by Gasteiger charge is -2.31. The molecule has 4 heterocycles. The van der Waals surface area contributed by atoms with Gasteiger partial charge in [-0.2, -0.15) is 0 Å². The van der Waals surface area contributed by atoms with E-state index < -0.39 is 41.8 Å². The molecule has 2 fully saturated rings. The molecule has 5 N–H and O–H groups in total. The number of hydrogen-bond acceptors (Lipinski definition) is 9. The van der Waals surface area contributed by atoms with E-state index in [1.807, 2.05) is 80.0 Å². The summed E-state index contributed by atoms with van der Waals surface area (Å²) in [6.07, 6.45) is 8.11. The van der Waals surface area contributed by atoms with Crippen LogP contribution in [0.3, 0.4) is 0 Å². The molecule has 0 radical (unpaired) electrons. The number of furan rings is 2. The molecule has 0 spiro atoms. The summed E-state index contributed by atoms with van der Waals surface area (Å²) in [5.41, 5.74) is 8.91. The number of nitrogens with zero attached hydrogens (tertiary/aromatic N) is 2. The number of hydrogen-bond donors (Lipinski definition) is 4. The maximum absolute atomic E-state index is 13.5. The number of ether oxygens (including phenoxy) is 1. The Morgan fingerprint density at radius 3 is 1.52 bits per heavy atom. The largest absolute Gasteiger partial charge is 0.464 e. The van der Waals surface area contributed by atoms with Gasteiger partial charge in [0.15, 0.2) is 0 Å². The summed E-state index contributed by atoms with van der Waals surface area (Å²) in [6.45, 7) is 17.5. The predicted octanol–water partition coefficient (Wildman–Crippen LogP) is 6.47. The maximum atomic E-state index is 13.5. The smallest absolute Gasteiger partial charge is 0.408 e. The van der Waals surface area contributed by atoms with Crippen molar-refractivity contribution in [2.45, 2.75) is 143 Å². The maximum Gasteiger partial charge on any atom is 0.408 e. The van der Waals surface area contributed by atoms with Gasteiger partial charge in [0.05, 0.1) is 18.6 Å². The van der Waals surface area contributed by atoms with Gasteiger partial charge in [0.25, 0.3) is 0 Å². The molecule has 5 amide bonds. The van der Waals surface area contributed by atoms with Gasteiger partial charge in [0.2, 0.25) is 23.6 Å². The second-order valence-electron chi connectivity index (χ2n) is 18.2. The molecule has 0 bridgehead atoms. The number of amides is 5. The molecule has 0 unspecified atom stereocenters. The van der Waals surface area contributed by atoms with E-state index in [1.54, 1.807) is 47.1 Å². The molecule has 6 atom stereocenters. The van der Waals surface area contributed by atoms with Crippen LogP contribution >= 0.6 is 0 Å². The highest BCUT2D eigenvalue weighted by atomic mass is 16.6. The average Bonchev–Trinajstić information content (AvgIpc) is 4.03. The molecule has 2 aromatic heterocycles. The molecule has 14 nitrogen and oxygen atoms in total. The molecule has 2 aromatic carbocycles. The highest BCUT2D eigenvalue weighted by Crippen LogP contribution is 2.30. The first kappa shape index (κ1) is 46.7. The minimum Gasteiger partial charge on any atom is -0.464 e. The van der Waals surface area contributed by atoms with Crippen molar-refractivity contribution in [2.24, 2.45) is 17.6 Å². The topological polar surface area (TPSA) is 189 Å². The molecular formula is C47H66N6O8. The first-order chi connectivity index (χ1) is 28.8. The molecule has 2 aliphatic heterocycles. The van der Waals surface area contributed by atoms with Crippen LogP contribution in [0.25, 0.3) is 21.9 Å². The van der Waals surface area contributed by atoms with Crippen molar-refractivity contribution >= 4 is 51.7 Å². The summed E-state index contributed by atoms with van der Waals surface area (Å²) in [4.78, 5) is 67.4. The number of carbonyl (C=O) groups excluding carboxylic acids is 5. The van der Waals surface area contributed by atoms with Crippen LogP contribution in [0, 0.1) is 11.8 Å². The molecule has 61 heavy (non-hydrogen) atoms. The second kappa shape index (κ2) is 20.5. The van der Waals surface area contributed by atoms with E-state index in [0.29, 0.717) is 13.0 Å². The standard InChI is InChI=1S/C26H37N3O5.C21H29N3O3/c1-16(2)22(28-23(30)17(3)27-25(32)34-26(4,5)6)24(31)29-13-9-10-19(29)14-18-15-33-21-12-8-7-11-20(18)21;1-13(2)19(23-20(25)14(3)22)21(26)24-10-6-7-16(24)11-15-12-27-18-9-5-4-8-17(15)18/h7-8,11-12,15-17,19,22H,9-10,13-14H2,1-6H3,(H,27,32)(H,28,30);4-5,8-9,12-14,16,19H,6-7,10-11,22H2,1-3H3,(H,23,25)/t17-,19-,22-;14-,16-,19-/m00/s1. The van der Waals surface area contributed by atoms with Crippen LogP contribution in [0.2, 0.25) is 0 Å². The summed E-state index contributed by atoms with van der Waals surface area (Å²) >= 11 is 0. The molecule has 0 saturated carbocycles. The van der Waals surface area contributed by atoms with Crippen LogP contribution in [-0.4, -0.2) is 94.5 Å². The summed E-state index contributed by atoms with van der Waals surface area (Å²) in [7, 11) is 0. The molecule has 332 valence electrons. The Morgan fingerprint density at radius 1 is 0.689 bits per heavy atom. The quantitative estimate of drug-likeness (QED) is 0.117. The number of carbonyl (C=O) groups is 5. The fraction of sp³-hybridized carbons (Fsp3) is 0.553. The third-order valence-corrected chi connectivity index (χ3v) is 11.4. The number of para-hydroxylation sites is 2. The van der Waals surface area contributed by atoms with Crippen molar-refractivity contribution in [3.05, 3.63) is 72.2 Å². The predicted molar refractivity (Wildman–Crippen MR) is 235 cm³/mol. The third kappa shape index (κ3) is 12.1. The van der Waals surface area contributed by atoms with Gasteiger partial charge in [-0.25, -0.2) is 4.79 Å². The van der Waals surface area contributed by atoms with Crippen LogP contribution in [0.15, 0.2) is 69.9 Å². The Kier molecular flexibility index (Phi) is 15.7. The van der Waals surface area contributed by atoms with E-state index in [4.69, 9.17) is 19.3 Å². The number of nitrogens with one attached hydrogen (secondary N) is 3. The summed E-state index contributed by atoms with van der Waals surface area (Å²) in [5.74, 6) is -0.942. The fourth-order valence-electron chi connectivity index (χ4n) is 8.06. The monoisotopic (exact) mass is 842 g/mol. The lowest BCUT2D eigenvalue weighted by molar-refractivity contribution is -0.138. The second-order valence-corrected chi connectivity index (χ2v) is 18.2. The number of fused-ring (bicyclic) bond motifs is 2. The average molecular weight is 843 g/mol. The van der Waals surface area contributed by atoms with E-state index in [-0.39, 0.29) is 41.6 Å². The zero-order chi connectivity index (χ0) is 44.6. The summed E-state index contributed by atoms with van der Waals surface area (Å²) in [6, 6.07) is 13.3. The molecule has 2 saturated heterocycles. The van der Waals surface area contributed by atoms with Crippen molar-refractivity contribution in [2.75, 3.05) is 13.1 Å². The van der Waals surface area contributed by atoms with E-state index in [1.165, 1.54) is 0 Å².